The fourth-order valence-electron chi connectivity index (χ4n) is 2.88. The highest BCUT2D eigenvalue weighted by atomic mass is 16.5. The number of benzene rings is 1. The van der Waals surface area contributed by atoms with Crippen LogP contribution in [0.15, 0.2) is 36.4 Å². The van der Waals surface area contributed by atoms with Crippen molar-refractivity contribution in [3.8, 4) is 5.75 Å². The van der Waals surface area contributed by atoms with Crippen LogP contribution in [-0.4, -0.2) is 17.8 Å². The molecule has 1 fully saturated rings. The molecule has 0 spiro atoms. The number of rotatable bonds is 2. The van der Waals surface area contributed by atoms with Gasteiger partial charge < -0.3 is 4.74 Å². The smallest absolute Gasteiger partial charge is 0.308 e. The van der Waals surface area contributed by atoms with Gasteiger partial charge in [0, 0.05) is 6.92 Å². The molecule has 0 N–H and O–H groups in total. The summed E-state index contributed by atoms with van der Waals surface area (Å²) in [5.74, 6) is -0.784. The maximum atomic E-state index is 12.4. The first-order chi connectivity index (χ1) is 10.1. The molecule has 1 aromatic carbocycles. The van der Waals surface area contributed by atoms with Gasteiger partial charge in [-0.15, -0.1) is 0 Å². The van der Waals surface area contributed by atoms with Crippen molar-refractivity contribution < 1.29 is 19.1 Å². The highest BCUT2D eigenvalue weighted by Gasteiger charge is 2.47. The molecule has 5 nitrogen and oxygen atoms in total. The number of anilines is 1. The number of hydrogen-bond acceptors (Lipinski definition) is 4. The van der Waals surface area contributed by atoms with E-state index < -0.39 is 5.97 Å². The van der Waals surface area contributed by atoms with Crippen molar-refractivity contribution in [2.24, 2.45) is 11.8 Å². The van der Waals surface area contributed by atoms with Crippen LogP contribution >= 0.6 is 0 Å². The zero-order chi connectivity index (χ0) is 15.0. The van der Waals surface area contributed by atoms with E-state index in [0.29, 0.717) is 24.3 Å². The van der Waals surface area contributed by atoms with E-state index in [-0.39, 0.29) is 23.7 Å². The van der Waals surface area contributed by atoms with Gasteiger partial charge in [0.2, 0.25) is 11.8 Å². The molecule has 0 radical (unpaired) electrons. The number of ether oxygens (including phenoxy) is 1. The molecule has 1 aromatic rings. The molecule has 1 aliphatic carbocycles. The summed E-state index contributed by atoms with van der Waals surface area (Å²) >= 11 is 0. The third-order valence-electron chi connectivity index (χ3n) is 3.86. The van der Waals surface area contributed by atoms with Gasteiger partial charge in [-0.1, -0.05) is 12.2 Å². The minimum Gasteiger partial charge on any atom is -0.427 e. The first kappa shape index (κ1) is 13.5. The maximum Gasteiger partial charge on any atom is 0.308 e. The molecule has 5 heteroatoms. The number of allylic oxidation sites excluding steroid dienone is 2. The van der Waals surface area contributed by atoms with Gasteiger partial charge in [-0.25, -0.2) is 0 Å². The molecule has 21 heavy (non-hydrogen) atoms. The highest BCUT2D eigenvalue weighted by Crippen LogP contribution is 2.37. The average Bonchev–Trinajstić information content (AvgIpc) is 2.72. The summed E-state index contributed by atoms with van der Waals surface area (Å²) in [4.78, 5) is 36.9. The molecular weight excluding hydrogens is 270 g/mol. The lowest BCUT2D eigenvalue weighted by atomic mass is 9.85. The molecule has 1 heterocycles. The summed E-state index contributed by atoms with van der Waals surface area (Å²) in [6.07, 6.45) is 5.16. The standard InChI is InChI=1S/C16H15NO4/c1-10(18)21-12-8-6-11(7-9-12)17-15(19)13-4-2-3-5-14(13)16(17)20/h2-3,6-9,13-14H,4-5H2,1H3. The first-order valence-electron chi connectivity index (χ1n) is 6.89. The van der Waals surface area contributed by atoms with Crippen LogP contribution < -0.4 is 9.64 Å². The van der Waals surface area contributed by atoms with E-state index in [1.165, 1.54) is 11.8 Å². The molecule has 1 aliphatic heterocycles. The Kier molecular flexibility index (Phi) is 3.33. The van der Waals surface area contributed by atoms with Crippen LogP contribution in [0, 0.1) is 11.8 Å². The van der Waals surface area contributed by atoms with Crippen molar-refractivity contribution in [1.29, 1.82) is 0 Å². The zero-order valence-corrected chi connectivity index (χ0v) is 11.6. The van der Waals surface area contributed by atoms with E-state index in [2.05, 4.69) is 0 Å². The van der Waals surface area contributed by atoms with Gasteiger partial charge in [-0.2, -0.15) is 0 Å². The van der Waals surface area contributed by atoms with Gasteiger partial charge in [-0.3, -0.25) is 19.3 Å². The van der Waals surface area contributed by atoms with Gasteiger partial charge in [0.25, 0.3) is 0 Å². The van der Waals surface area contributed by atoms with Gasteiger partial charge in [0.1, 0.15) is 5.75 Å². The fraction of sp³-hybridized carbons (Fsp3) is 0.312. The summed E-state index contributed by atoms with van der Waals surface area (Å²) in [6, 6.07) is 6.41. The molecule has 2 unspecified atom stereocenters. The van der Waals surface area contributed by atoms with E-state index in [4.69, 9.17) is 4.74 Å². The Labute approximate surface area is 122 Å². The molecule has 108 valence electrons. The molecule has 2 atom stereocenters. The van der Waals surface area contributed by atoms with Crippen LogP contribution in [-0.2, 0) is 14.4 Å². The molecular formula is C16H15NO4. The van der Waals surface area contributed by atoms with Crippen molar-refractivity contribution >= 4 is 23.5 Å². The summed E-state index contributed by atoms with van der Waals surface area (Å²) in [5, 5.41) is 0. The lowest BCUT2D eigenvalue weighted by Gasteiger charge is -2.15. The Morgan fingerprint density at radius 3 is 2.05 bits per heavy atom. The van der Waals surface area contributed by atoms with Crippen LogP contribution in [0.3, 0.4) is 0 Å². The van der Waals surface area contributed by atoms with Crippen LogP contribution in [0.4, 0.5) is 5.69 Å². The molecule has 1 saturated heterocycles. The number of hydrogen-bond donors (Lipinski definition) is 0. The monoisotopic (exact) mass is 285 g/mol. The number of nitrogens with zero attached hydrogens (tertiary/aromatic N) is 1. The molecule has 0 bridgehead atoms. The van der Waals surface area contributed by atoms with Crippen molar-refractivity contribution in [1.82, 2.24) is 0 Å². The van der Waals surface area contributed by atoms with E-state index in [0.717, 1.165) is 0 Å². The summed E-state index contributed by atoms with van der Waals surface area (Å²) < 4.78 is 4.94. The predicted octanol–water partition coefficient (Wildman–Crippen LogP) is 2.07. The lowest BCUT2D eigenvalue weighted by molar-refractivity contribution is -0.132. The molecule has 2 aliphatic rings. The number of imide groups is 1. The largest absolute Gasteiger partial charge is 0.427 e. The van der Waals surface area contributed by atoms with Gasteiger partial charge in [0.05, 0.1) is 17.5 Å². The number of carbonyl (C=O) groups excluding carboxylic acids is 3. The summed E-state index contributed by atoms with van der Waals surface area (Å²) in [5.41, 5.74) is 0.523. The zero-order valence-electron chi connectivity index (χ0n) is 11.6. The Balaban J connectivity index is 1.85. The third kappa shape index (κ3) is 2.35. The van der Waals surface area contributed by atoms with Crippen LogP contribution in [0.1, 0.15) is 19.8 Å². The van der Waals surface area contributed by atoms with Crippen molar-refractivity contribution in [2.45, 2.75) is 19.8 Å². The van der Waals surface area contributed by atoms with Gasteiger partial charge in [-0.05, 0) is 37.1 Å². The van der Waals surface area contributed by atoms with Crippen molar-refractivity contribution in [3.63, 3.8) is 0 Å². The summed E-state index contributed by atoms with van der Waals surface area (Å²) in [7, 11) is 0. The van der Waals surface area contributed by atoms with Crippen molar-refractivity contribution in [3.05, 3.63) is 36.4 Å². The van der Waals surface area contributed by atoms with Crippen LogP contribution in [0.2, 0.25) is 0 Å². The second-order valence-electron chi connectivity index (χ2n) is 5.26. The first-order valence-corrected chi connectivity index (χ1v) is 6.89. The van der Waals surface area contributed by atoms with E-state index in [1.54, 1.807) is 24.3 Å². The number of esters is 1. The number of carbonyl (C=O) groups is 3. The predicted molar refractivity (Wildman–Crippen MR) is 75.6 cm³/mol. The minimum atomic E-state index is -0.409. The molecule has 3 rings (SSSR count). The van der Waals surface area contributed by atoms with Gasteiger partial charge in [0.15, 0.2) is 0 Å². The Bertz CT molecular complexity index is 606. The van der Waals surface area contributed by atoms with E-state index in [9.17, 15) is 14.4 Å². The Hall–Kier alpha value is -2.43. The van der Waals surface area contributed by atoms with Crippen molar-refractivity contribution in [2.75, 3.05) is 4.90 Å². The minimum absolute atomic E-state index is 0.144. The van der Waals surface area contributed by atoms with E-state index in [1.807, 2.05) is 12.2 Å². The third-order valence-corrected chi connectivity index (χ3v) is 3.86. The lowest BCUT2D eigenvalue weighted by Crippen LogP contribution is -2.30. The quantitative estimate of drug-likeness (QED) is 0.361. The summed E-state index contributed by atoms with van der Waals surface area (Å²) in [6.45, 7) is 1.32. The van der Waals surface area contributed by atoms with E-state index >= 15 is 0 Å². The highest BCUT2D eigenvalue weighted by molar-refractivity contribution is 6.22. The maximum absolute atomic E-state index is 12.4. The topological polar surface area (TPSA) is 63.7 Å². The Morgan fingerprint density at radius 2 is 1.57 bits per heavy atom. The average molecular weight is 285 g/mol. The van der Waals surface area contributed by atoms with Crippen LogP contribution in [0.5, 0.6) is 5.75 Å². The second-order valence-corrected chi connectivity index (χ2v) is 5.26. The normalized spacial score (nSPS) is 24.1. The second kappa shape index (κ2) is 5.16. The molecule has 2 amide bonds. The van der Waals surface area contributed by atoms with Gasteiger partial charge >= 0.3 is 5.97 Å². The fourth-order valence-corrected chi connectivity index (χ4v) is 2.88. The van der Waals surface area contributed by atoms with Crippen LogP contribution in [0.25, 0.3) is 0 Å². The molecule has 0 aromatic heterocycles. The Morgan fingerprint density at radius 1 is 1.05 bits per heavy atom. The number of fused-ring (bicyclic) bond motifs is 1. The number of amides is 2. The molecule has 0 saturated carbocycles. The SMILES string of the molecule is CC(=O)Oc1ccc(N2C(=O)C3CC=CCC3C2=O)cc1.